The van der Waals surface area contributed by atoms with E-state index in [2.05, 4.69) is 0 Å². The summed E-state index contributed by atoms with van der Waals surface area (Å²) in [5.74, 6) is 0.145. The Balaban J connectivity index is 2.07. The highest BCUT2D eigenvalue weighted by molar-refractivity contribution is 5.95. The highest BCUT2D eigenvalue weighted by Gasteiger charge is 2.22. The summed E-state index contributed by atoms with van der Waals surface area (Å²) < 4.78 is 0. The molecule has 2 rings (SSSR count). The average molecular weight is 248 g/mol. The lowest BCUT2D eigenvalue weighted by molar-refractivity contribution is -0.120. The number of nitrogens with zero attached hydrogens (tertiary/aromatic N) is 2. The van der Waals surface area contributed by atoms with Gasteiger partial charge in [0.2, 0.25) is 5.91 Å². The van der Waals surface area contributed by atoms with Gasteiger partial charge in [0.25, 0.3) is 0 Å². The van der Waals surface area contributed by atoms with Crippen molar-refractivity contribution in [3.63, 3.8) is 0 Å². The molecule has 0 saturated carbocycles. The van der Waals surface area contributed by atoms with Crippen molar-refractivity contribution < 1.29 is 9.90 Å². The minimum atomic E-state index is -0.332. The smallest absolute Gasteiger partial charge is 0.241 e. The Hall–Kier alpha value is -1.39. The van der Waals surface area contributed by atoms with Crippen LogP contribution in [-0.4, -0.2) is 48.7 Å². The summed E-state index contributed by atoms with van der Waals surface area (Å²) in [6.45, 7) is 3.90. The number of hydrogen-bond donors (Lipinski definition) is 1. The van der Waals surface area contributed by atoms with Gasteiger partial charge < -0.3 is 10.0 Å². The van der Waals surface area contributed by atoms with Crippen molar-refractivity contribution in [2.24, 2.45) is 0 Å². The van der Waals surface area contributed by atoms with Gasteiger partial charge in [0.1, 0.15) is 0 Å². The summed E-state index contributed by atoms with van der Waals surface area (Å²) in [4.78, 5) is 15.8. The predicted octanol–water partition coefficient (Wildman–Crippen LogP) is 0.888. The summed E-state index contributed by atoms with van der Waals surface area (Å²) in [7, 11) is 1.96. The molecule has 0 aromatic heterocycles. The maximum absolute atomic E-state index is 11.9. The number of aliphatic hydroxyl groups is 1. The van der Waals surface area contributed by atoms with E-state index in [9.17, 15) is 9.90 Å². The second kappa shape index (κ2) is 5.50. The van der Waals surface area contributed by atoms with Crippen molar-refractivity contribution in [1.29, 1.82) is 0 Å². The van der Waals surface area contributed by atoms with Gasteiger partial charge in [-0.25, -0.2) is 0 Å². The van der Waals surface area contributed by atoms with Gasteiger partial charge in [-0.3, -0.25) is 9.69 Å². The van der Waals surface area contributed by atoms with Crippen LogP contribution in [0.15, 0.2) is 24.3 Å². The van der Waals surface area contributed by atoms with Crippen LogP contribution >= 0.6 is 0 Å². The van der Waals surface area contributed by atoms with E-state index in [0.717, 1.165) is 24.3 Å². The minimum absolute atomic E-state index is 0.145. The molecule has 1 fully saturated rings. The molecule has 18 heavy (non-hydrogen) atoms. The maximum Gasteiger partial charge on any atom is 0.241 e. The lowest BCUT2D eigenvalue weighted by Gasteiger charge is -2.32. The molecule has 0 radical (unpaired) electrons. The molecule has 1 saturated heterocycles. The molecule has 1 aromatic rings. The zero-order valence-electron chi connectivity index (χ0n) is 11.0. The Morgan fingerprint density at radius 1 is 1.28 bits per heavy atom. The summed E-state index contributed by atoms with van der Waals surface area (Å²) in [6.07, 6.45) is 0.317. The van der Waals surface area contributed by atoms with Crippen LogP contribution in [-0.2, 0) is 11.2 Å². The number of benzene rings is 1. The van der Waals surface area contributed by atoms with E-state index >= 15 is 0 Å². The van der Waals surface area contributed by atoms with Gasteiger partial charge in [0.05, 0.1) is 12.6 Å². The summed E-state index contributed by atoms with van der Waals surface area (Å²) in [6, 6.07) is 7.88. The molecule has 0 bridgehead atoms. The Bertz CT molecular complexity index is 414. The van der Waals surface area contributed by atoms with Crippen LogP contribution in [0.4, 0.5) is 5.69 Å². The lowest BCUT2D eigenvalue weighted by atomic mass is 10.1. The van der Waals surface area contributed by atoms with Gasteiger partial charge >= 0.3 is 0 Å². The highest BCUT2D eigenvalue weighted by atomic mass is 16.3. The molecule has 1 heterocycles. The van der Waals surface area contributed by atoms with E-state index in [0.29, 0.717) is 13.0 Å². The van der Waals surface area contributed by atoms with Crippen LogP contribution in [0.25, 0.3) is 0 Å². The quantitative estimate of drug-likeness (QED) is 0.864. The number of piperazine rings is 1. The average Bonchev–Trinajstić information content (AvgIpc) is 2.30. The molecule has 4 nitrogen and oxygen atoms in total. The largest absolute Gasteiger partial charge is 0.393 e. The fourth-order valence-corrected chi connectivity index (χ4v) is 2.22. The van der Waals surface area contributed by atoms with Gasteiger partial charge in [-0.2, -0.15) is 0 Å². The first-order valence-electron chi connectivity index (χ1n) is 6.32. The second-order valence-electron chi connectivity index (χ2n) is 5.00. The van der Waals surface area contributed by atoms with E-state index in [-0.39, 0.29) is 12.0 Å². The van der Waals surface area contributed by atoms with Crippen molar-refractivity contribution >= 4 is 11.6 Å². The van der Waals surface area contributed by atoms with E-state index in [4.69, 9.17) is 0 Å². The van der Waals surface area contributed by atoms with Crippen molar-refractivity contribution in [2.75, 3.05) is 31.6 Å². The fraction of sp³-hybridized carbons (Fsp3) is 0.500. The Kier molecular flexibility index (Phi) is 3.99. The molecule has 0 aliphatic carbocycles. The number of carbonyl (C=O) groups excluding carboxylic acids is 1. The van der Waals surface area contributed by atoms with Crippen molar-refractivity contribution in [3.05, 3.63) is 29.8 Å². The lowest BCUT2D eigenvalue weighted by Crippen LogP contribution is -2.48. The molecular weight excluding hydrogens is 228 g/mol. The van der Waals surface area contributed by atoms with Crippen molar-refractivity contribution in [1.82, 2.24) is 4.90 Å². The SMILES string of the molecule is CC(O)Cc1ccc(N2CCN(C)CC2=O)cc1. The van der Waals surface area contributed by atoms with Crippen molar-refractivity contribution in [3.8, 4) is 0 Å². The van der Waals surface area contributed by atoms with E-state index in [1.54, 1.807) is 6.92 Å². The monoisotopic (exact) mass is 248 g/mol. The molecular formula is C14H20N2O2. The van der Waals surface area contributed by atoms with Gasteiger partial charge in [-0.1, -0.05) is 12.1 Å². The third-order valence-electron chi connectivity index (χ3n) is 3.19. The predicted molar refractivity (Wildman–Crippen MR) is 71.7 cm³/mol. The summed E-state index contributed by atoms with van der Waals surface area (Å²) >= 11 is 0. The van der Waals surface area contributed by atoms with Crippen LogP contribution in [0.1, 0.15) is 12.5 Å². The molecule has 1 unspecified atom stereocenters. The van der Waals surface area contributed by atoms with E-state index in [1.165, 1.54) is 0 Å². The van der Waals surface area contributed by atoms with E-state index in [1.807, 2.05) is 41.1 Å². The molecule has 4 heteroatoms. The first kappa shape index (κ1) is 13.1. The topological polar surface area (TPSA) is 43.8 Å². The molecule has 0 spiro atoms. The zero-order valence-corrected chi connectivity index (χ0v) is 11.0. The number of hydrogen-bond acceptors (Lipinski definition) is 3. The van der Waals surface area contributed by atoms with Gasteiger partial charge in [0.15, 0.2) is 0 Å². The maximum atomic E-state index is 11.9. The number of amides is 1. The summed E-state index contributed by atoms with van der Waals surface area (Å²) in [5, 5.41) is 9.32. The Morgan fingerprint density at radius 2 is 1.94 bits per heavy atom. The number of rotatable bonds is 3. The Morgan fingerprint density at radius 3 is 2.50 bits per heavy atom. The molecule has 1 aliphatic rings. The van der Waals surface area contributed by atoms with Gasteiger partial charge in [-0.15, -0.1) is 0 Å². The Labute approximate surface area is 108 Å². The number of aliphatic hydroxyl groups excluding tert-OH is 1. The molecule has 98 valence electrons. The van der Waals surface area contributed by atoms with Crippen LogP contribution in [0.2, 0.25) is 0 Å². The number of carbonyl (C=O) groups is 1. The van der Waals surface area contributed by atoms with Crippen LogP contribution in [0, 0.1) is 0 Å². The first-order valence-corrected chi connectivity index (χ1v) is 6.32. The molecule has 1 N–H and O–H groups in total. The highest BCUT2D eigenvalue weighted by Crippen LogP contribution is 2.18. The molecule has 1 aliphatic heterocycles. The van der Waals surface area contributed by atoms with Crippen molar-refractivity contribution in [2.45, 2.75) is 19.4 Å². The zero-order chi connectivity index (χ0) is 13.1. The van der Waals surface area contributed by atoms with E-state index < -0.39 is 0 Å². The third kappa shape index (κ3) is 3.09. The van der Waals surface area contributed by atoms with Crippen LogP contribution in [0.5, 0.6) is 0 Å². The fourth-order valence-electron chi connectivity index (χ4n) is 2.22. The molecule has 1 aromatic carbocycles. The van der Waals surface area contributed by atoms with Gasteiger partial charge in [-0.05, 0) is 38.1 Å². The molecule has 1 amide bonds. The normalized spacial score (nSPS) is 19.1. The minimum Gasteiger partial charge on any atom is -0.393 e. The summed E-state index contributed by atoms with van der Waals surface area (Å²) in [5.41, 5.74) is 2.04. The number of anilines is 1. The van der Waals surface area contributed by atoms with Gasteiger partial charge in [0, 0.05) is 18.8 Å². The standard InChI is InChI=1S/C14H20N2O2/c1-11(17)9-12-3-5-13(6-4-12)16-8-7-15(2)10-14(16)18/h3-6,11,17H,7-10H2,1-2H3. The molecule has 1 atom stereocenters. The van der Waals surface area contributed by atoms with Crippen LogP contribution < -0.4 is 4.90 Å². The second-order valence-corrected chi connectivity index (χ2v) is 5.00. The number of likely N-dealkylation sites (N-methyl/N-ethyl adjacent to an activating group) is 1. The first-order chi connectivity index (χ1) is 8.56. The third-order valence-corrected chi connectivity index (χ3v) is 3.19. The van der Waals surface area contributed by atoms with Crippen LogP contribution in [0.3, 0.4) is 0 Å².